The number of benzene rings is 2. The Labute approximate surface area is 178 Å². The van der Waals surface area contributed by atoms with E-state index in [2.05, 4.69) is 20.6 Å². The quantitative estimate of drug-likeness (QED) is 0.416. The summed E-state index contributed by atoms with van der Waals surface area (Å²) in [6.45, 7) is 0.492. The van der Waals surface area contributed by atoms with Crippen molar-refractivity contribution in [2.75, 3.05) is 26.9 Å². The highest BCUT2D eigenvalue weighted by Gasteiger charge is 2.10. The first-order valence-electron chi connectivity index (χ1n) is 9.67. The summed E-state index contributed by atoms with van der Waals surface area (Å²) < 4.78 is 17.8. The van der Waals surface area contributed by atoms with Crippen LogP contribution in [-0.4, -0.2) is 52.6 Å². The molecule has 0 atom stereocenters. The summed E-state index contributed by atoms with van der Waals surface area (Å²) in [7, 11) is 1.59. The summed E-state index contributed by atoms with van der Waals surface area (Å²) in [6.07, 6.45) is 0. The number of amides is 1. The Kier molecular flexibility index (Phi) is 6.22. The van der Waals surface area contributed by atoms with Crippen LogP contribution in [0, 0.1) is 0 Å². The van der Waals surface area contributed by atoms with Gasteiger partial charge < -0.3 is 19.5 Å². The van der Waals surface area contributed by atoms with E-state index >= 15 is 0 Å². The molecule has 0 aliphatic heterocycles. The number of nitrogens with one attached hydrogen (secondary N) is 1. The number of ether oxygens (including phenoxy) is 3. The van der Waals surface area contributed by atoms with E-state index in [0.29, 0.717) is 29.6 Å². The molecule has 9 nitrogen and oxygen atoms in total. The smallest absolute Gasteiger partial charge is 0.258 e. The Morgan fingerprint density at radius 1 is 0.935 bits per heavy atom. The van der Waals surface area contributed by atoms with E-state index in [1.807, 2.05) is 30.3 Å². The molecule has 0 bridgehead atoms. The molecular weight excluding hydrogens is 398 g/mol. The number of methoxy groups -OCH3 is 1. The highest BCUT2D eigenvalue weighted by Crippen LogP contribution is 2.19. The van der Waals surface area contributed by atoms with E-state index in [1.165, 1.54) is 0 Å². The molecule has 9 heteroatoms. The average Bonchev–Trinajstić information content (AvgIpc) is 3.25. The number of rotatable bonds is 9. The second-order valence-corrected chi connectivity index (χ2v) is 6.49. The lowest BCUT2D eigenvalue weighted by atomic mass is 10.2. The molecule has 2 aromatic carbocycles. The van der Waals surface area contributed by atoms with E-state index < -0.39 is 0 Å². The molecule has 1 amide bonds. The molecule has 0 unspecified atom stereocenters. The number of carbonyl (C=O) groups is 1. The first-order chi connectivity index (χ1) is 15.2. The zero-order chi connectivity index (χ0) is 21.5. The normalized spacial score (nSPS) is 10.6. The van der Waals surface area contributed by atoms with Crippen molar-refractivity contribution in [2.45, 2.75) is 0 Å². The van der Waals surface area contributed by atoms with Crippen molar-refractivity contribution in [3.05, 3.63) is 66.7 Å². The maximum absolute atomic E-state index is 11.9. The van der Waals surface area contributed by atoms with Crippen LogP contribution in [0.25, 0.3) is 17.0 Å². The zero-order valence-corrected chi connectivity index (χ0v) is 16.9. The minimum atomic E-state index is -0.243. The summed E-state index contributed by atoms with van der Waals surface area (Å²) in [4.78, 5) is 11.9. The van der Waals surface area contributed by atoms with Crippen molar-refractivity contribution in [1.29, 1.82) is 0 Å². The second-order valence-electron chi connectivity index (χ2n) is 6.49. The molecule has 2 heterocycles. The molecular formula is C22H21N5O4. The Morgan fingerprint density at radius 3 is 2.48 bits per heavy atom. The van der Waals surface area contributed by atoms with Gasteiger partial charge in [0.25, 0.3) is 5.91 Å². The molecule has 0 aliphatic rings. The lowest BCUT2D eigenvalue weighted by Crippen LogP contribution is -2.32. The summed E-state index contributed by atoms with van der Waals surface area (Å²) >= 11 is 0. The molecule has 0 fully saturated rings. The van der Waals surface area contributed by atoms with Crippen LogP contribution in [0.5, 0.6) is 17.4 Å². The third kappa shape index (κ3) is 5.08. The molecule has 0 saturated heterocycles. The van der Waals surface area contributed by atoms with Gasteiger partial charge in [0.15, 0.2) is 18.1 Å². The topological polar surface area (TPSA) is 99.9 Å². The lowest BCUT2D eigenvalue weighted by Gasteiger charge is -2.09. The predicted octanol–water partition coefficient (Wildman–Crippen LogP) is 2.37. The van der Waals surface area contributed by atoms with Crippen molar-refractivity contribution in [3.8, 4) is 28.8 Å². The predicted molar refractivity (Wildman–Crippen MR) is 113 cm³/mol. The van der Waals surface area contributed by atoms with Crippen molar-refractivity contribution in [3.63, 3.8) is 0 Å². The molecule has 0 aliphatic carbocycles. The number of carbonyl (C=O) groups excluding carboxylic acids is 1. The Balaban J connectivity index is 1.26. The summed E-state index contributed by atoms with van der Waals surface area (Å²) in [5.41, 5.74) is 1.53. The third-order valence-corrected chi connectivity index (χ3v) is 4.37. The van der Waals surface area contributed by atoms with Crippen LogP contribution in [-0.2, 0) is 4.79 Å². The molecule has 4 aromatic rings. The van der Waals surface area contributed by atoms with Crippen LogP contribution in [0.4, 0.5) is 0 Å². The number of aromatic nitrogens is 4. The molecule has 4 rings (SSSR count). The van der Waals surface area contributed by atoms with Gasteiger partial charge in [0, 0.05) is 11.6 Å². The van der Waals surface area contributed by atoms with Gasteiger partial charge >= 0.3 is 0 Å². The Morgan fingerprint density at radius 2 is 1.71 bits per heavy atom. The largest absolute Gasteiger partial charge is 0.497 e. The number of hydrogen-bond donors (Lipinski definition) is 1. The summed E-state index contributed by atoms with van der Waals surface area (Å²) in [5, 5.41) is 15.5. The second kappa shape index (κ2) is 9.57. The molecule has 2 aromatic heterocycles. The van der Waals surface area contributed by atoms with Gasteiger partial charge in [0.05, 0.1) is 13.7 Å². The van der Waals surface area contributed by atoms with Gasteiger partial charge in [-0.05, 0) is 30.3 Å². The van der Waals surface area contributed by atoms with E-state index in [4.69, 9.17) is 14.2 Å². The number of fused-ring (bicyclic) bond motifs is 1. The van der Waals surface area contributed by atoms with Crippen molar-refractivity contribution >= 4 is 11.6 Å². The van der Waals surface area contributed by atoms with Gasteiger partial charge in [0.2, 0.25) is 5.88 Å². The van der Waals surface area contributed by atoms with Gasteiger partial charge in [-0.1, -0.05) is 30.3 Å². The van der Waals surface area contributed by atoms with Crippen LogP contribution in [0.15, 0.2) is 66.7 Å². The Bertz CT molecular complexity index is 1150. The van der Waals surface area contributed by atoms with Crippen molar-refractivity contribution in [2.24, 2.45) is 0 Å². The fourth-order valence-electron chi connectivity index (χ4n) is 2.83. The minimum absolute atomic E-state index is 0.0856. The SMILES string of the molecule is COc1ccc(OCC(=O)NCCOc2ccc3nnc(-c4ccccc4)n3n2)cc1. The molecule has 158 valence electrons. The monoisotopic (exact) mass is 419 g/mol. The van der Waals surface area contributed by atoms with Gasteiger partial charge in [-0.25, -0.2) is 0 Å². The van der Waals surface area contributed by atoms with Gasteiger partial charge in [-0.2, -0.15) is 4.52 Å². The van der Waals surface area contributed by atoms with Gasteiger partial charge in [-0.15, -0.1) is 15.3 Å². The first-order valence-corrected chi connectivity index (χ1v) is 9.67. The number of hydrogen-bond acceptors (Lipinski definition) is 7. The fourth-order valence-corrected chi connectivity index (χ4v) is 2.83. The number of nitrogens with zero attached hydrogens (tertiary/aromatic N) is 4. The molecule has 0 radical (unpaired) electrons. The average molecular weight is 419 g/mol. The van der Waals surface area contributed by atoms with Gasteiger partial charge in [-0.3, -0.25) is 4.79 Å². The van der Waals surface area contributed by atoms with Gasteiger partial charge in [0.1, 0.15) is 18.1 Å². The van der Waals surface area contributed by atoms with Crippen LogP contribution >= 0.6 is 0 Å². The minimum Gasteiger partial charge on any atom is -0.497 e. The van der Waals surface area contributed by atoms with Crippen LogP contribution in [0.3, 0.4) is 0 Å². The molecule has 0 saturated carbocycles. The summed E-state index contributed by atoms with van der Waals surface area (Å²) in [5.74, 6) is 2.11. The standard InChI is InChI=1S/C22H21N5O4/c1-29-17-7-9-18(10-8-17)31-15-20(28)23-13-14-30-21-12-11-19-24-25-22(27(19)26-21)16-5-3-2-4-6-16/h2-12H,13-15H2,1H3,(H,23,28). The summed E-state index contributed by atoms with van der Waals surface area (Å²) in [6, 6.07) is 20.2. The lowest BCUT2D eigenvalue weighted by molar-refractivity contribution is -0.123. The molecule has 1 N–H and O–H groups in total. The third-order valence-electron chi connectivity index (χ3n) is 4.37. The van der Waals surface area contributed by atoms with Crippen molar-refractivity contribution < 1.29 is 19.0 Å². The van der Waals surface area contributed by atoms with E-state index in [-0.39, 0.29) is 19.1 Å². The maximum atomic E-state index is 11.9. The van der Waals surface area contributed by atoms with Crippen LogP contribution in [0.2, 0.25) is 0 Å². The highest BCUT2D eigenvalue weighted by atomic mass is 16.5. The van der Waals surface area contributed by atoms with E-state index in [1.54, 1.807) is 48.0 Å². The zero-order valence-electron chi connectivity index (χ0n) is 16.9. The molecule has 0 spiro atoms. The first kappa shape index (κ1) is 20.1. The Hall–Kier alpha value is -4.14. The van der Waals surface area contributed by atoms with Crippen LogP contribution in [0.1, 0.15) is 0 Å². The maximum Gasteiger partial charge on any atom is 0.258 e. The highest BCUT2D eigenvalue weighted by molar-refractivity contribution is 5.77. The van der Waals surface area contributed by atoms with E-state index in [0.717, 1.165) is 11.3 Å². The van der Waals surface area contributed by atoms with Crippen LogP contribution < -0.4 is 19.5 Å². The van der Waals surface area contributed by atoms with Crippen molar-refractivity contribution in [1.82, 2.24) is 25.1 Å². The fraction of sp³-hybridized carbons (Fsp3) is 0.182. The molecule has 31 heavy (non-hydrogen) atoms. The van der Waals surface area contributed by atoms with E-state index in [9.17, 15) is 4.79 Å².